The van der Waals surface area contributed by atoms with Crippen LogP contribution in [0, 0.1) is 24.5 Å². The van der Waals surface area contributed by atoms with E-state index < -0.39 is 11.6 Å². The molecule has 1 aliphatic heterocycles. The molecule has 0 amide bonds. The lowest BCUT2D eigenvalue weighted by atomic mass is 9.91. The highest BCUT2D eigenvalue weighted by molar-refractivity contribution is 5.19. The van der Waals surface area contributed by atoms with E-state index in [0.29, 0.717) is 30.6 Å². The van der Waals surface area contributed by atoms with Crippen LogP contribution >= 0.6 is 0 Å². The summed E-state index contributed by atoms with van der Waals surface area (Å²) in [6, 6.07) is 4.05. The largest absolute Gasteiger partial charge is 0.340 e. The molecule has 0 spiro atoms. The molecule has 2 aromatic rings. The Hall–Kier alpha value is -1.82. The van der Waals surface area contributed by atoms with E-state index >= 15 is 0 Å². The lowest BCUT2D eigenvalue weighted by Crippen LogP contribution is -2.35. The van der Waals surface area contributed by atoms with Gasteiger partial charge in [-0.1, -0.05) is 11.2 Å². The minimum absolute atomic E-state index is 0.207. The highest BCUT2D eigenvalue weighted by atomic mass is 19.1. The number of aromatic nitrogens is 2. The molecule has 6 heteroatoms. The van der Waals surface area contributed by atoms with Crippen LogP contribution in [-0.2, 0) is 13.0 Å². The van der Waals surface area contributed by atoms with Crippen LogP contribution in [0.1, 0.15) is 36.5 Å². The fraction of sp³-hybridized carbons (Fsp3) is 0.529. The molecule has 2 heterocycles. The molecule has 0 bridgehead atoms. The highest BCUT2D eigenvalue weighted by Gasteiger charge is 2.22. The van der Waals surface area contributed by atoms with Crippen molar-refractivity contribution in [2.24, 2.45) is 5.92 Å². The van der Waals surface area contributed by atoms with Crippen molar-refractivity contribution >= 4 is 0 Å². The Labute approximate surface area is 134 Å². The van der Waals surface area contributed by atoms with E-state index in [1.54, 1.807) is 6.92 Å². The lowest BCUT2D eigenvalue weighted by molar-refractivity contribution is 0.156. The molecule has 0 N–H and O–H groups in total. The number of hydrogen-bond donors (Lipinski definition) is 0. The number of hydrogen-bond acceptors (Lipinski definition) is 4. The number of benzene rings is 1. The second kappa shape index (κ2) is 7.17. The Balaban J connectivity index is 1.54. The van der Waals surface area contributed by atoms with Gasteiger partial charge in [0.2, 0.25) is 5.89 Å². The van der Waals surface area contributed by atoms with Crippen LogP contribution < -0.4 is 0 Å². The van der Waals surface area contributed by atoms with E-state index in [1.807, 2.05) is 0 Å². The van der Waals surface area contributed by atoms with E-state index in [0.717, 1.165) is 32.4 Å². The van der Waals surface area contributed by atoms with Gasteiger partial charge in [-0.15, -0.1) is 0 Å². The average Bonchev–Trinajstić information content (AvgIpc) is 2.92. The fourth-order valence-electron chi connectivity index (χ4n) is 3.26. The van der Waals surface area contributed by atoms with Gasteiger partial charge in [0.15, 0.2) is 5.82 Å². The predicted octanol–water partition coefficient (Wildman–Crippen LogP) is 3.50. The Morgan fingerprint density at radius 1 is 1.30 bits per heavy atom. The van der Waals surface area contributed by atoms with Crippen LogP contribution in [0.25, 0.3) is 0 Å². The van der Waals surface area contributed by atoms with Gasteiger partial charge in [0.05, 0.1) is 6.54 Å². The van der Waals surface area contributed by atoms with Crippen LogP contribution in [0.5, 0.6) is 0 Å². The number of rotatable bonds is 5. The van der Waals surface area contributed by atoms with Crippen molar-refractivity contribution < 1.29 is 13.3 Å². The Morgan fingerprint density at radius 2 is 2.09 bits per heavy atom. The standard InChI is InChI=1S/C17H21F2N3O/c1-12-20-17(21-23-12)11-22-9-3-4-13(10-22)7-8-14-15(18)5-2-6-16(14)19/h2,5-6,13H,3-4,7-11H2,1H3/t13-/m0/s1. The first-order valence-electron chi connectivity index (χ1n) is 8.06. The van der Waals surface area contributed by atoms with E-state index in [9.17, 15) is 8.78 Å². The molecule has 1 aromatic heterocycles. The van der Waals surface area contributed by atoms with Gasteiger partial charge < -0.3 is 4.52 Å². The van der Waals surface area contributed by atoms with Gasteiger partial charge in [0, 0.05) is 19.0 Å². The van der Waals surface area contributed by atoms with Crippen molar-refractivity contribution in [1.29, 1.82) is 0 Å². The SMILES string of the molecule is Cc1nc(CN2CCC[C@@H](CCc3c(F)cccc3F)C2)no1. The van der Waals surface area contributed by atoms with Gasteiger partial charge in [-0.3, -0.25) is 4.90 Å². The van der Waals surface area contributed by atoms with Gasteiger partial charge in [-0.05, 0) is 50.3 Å². The molecular formula is C17H21F2N3O. The zero-order valence-electron chi connectivity index (χ0n) is 13.3. The zero-order valence-corrected chi connectivity index (χ0v) is 13.3. The molecule has 0 unspecified atom stereocenters. The summed E-state index contributed by atoms with van der Waals surface area (Å²) in [6.45, 7) is 4.35. The van der Waals surface area contributed by atoms with Gasteiger partial charge in [-0.25, -0.2) is 8.78 Å². The Bertz CT molecular complexity index is 639. The molecule has 1 aliphatic rings. The number of aryl methyl sites for hydroxylation is 1. The molecule has 4 nitrogen and oxygen atoms in total. The maximum Gasteiger partial charge on any atom is 0.223 e. The molecular weight excluding hydrogens is 300 g/mol. The smallest absolute Gasteiger partial charge is 0.223 e. The third kappa shape index (κ3) is 4.13. The molecule has 1 fully saturated rings. The summed E-state index contributed by atoms with van der Waals surface area (Å²) in [5.74, 6) is 0.822. The third-order valence-corrected chi connectivity index (χ3v) is 4.40. The number of nitrogens with zero attached hydrogens (tertiary/aromatic N) is 3. The number of halogens is 2. The lowest BCUT2D eigenvalue weighted by Gasteiger charge is -2.32. The summed E-state index contributed by atoms with van der Waals surface area (Å²) < 4.78 is 32.4. The molecule has 1 aromatic carbocycles. The van der Waals surface area contributed by atoms with Crippen molar-refractivity contribution in [1.82, 2.24) is 15.0 Å². The van der Waals surface area contributed by atoms with Gasteiger partial charge in [0.25, 0.3) is 0 Å². The maximum atomic E-state index is 13.7. The molecule has 3 rings (SSSR count). The maximum absolute atomic E-state index is 13.7. The van der Waals surface area contributed by atoms with Crippen molar-refractivity contribution in [2.75, 3.05) is 13.1 Å². The van der Waals surface area contributed by atoms with E-state index in [4.69, 9.17) is 4.52 Å². The third-order valence-electron chi connectivity index (χ3n) is 4.40. The first-order chi connectivity index (χ1) is 11.1. The van der Waals surface area contributed by atoms with Crippen molar-refractivity contribution in [3.05, 3.63) is 47.1 Å². The summed E-state index contributed by atoms with van der Waals surface area (Å²) in [7, 11) is 0. The highest BCUT2D eigenvalue weighted by Crippen LogP contribution is 2.24. The topological polar surface area (TPSA) is 42.2 Å². The number of likely N-dealkylation sites (tertiary alicyclic amines) is 1. The quantitative estimate of drug-likeness (QED) is 0.845. The van der Waals surface area contributed by atoms with Crippen molar-refractivity contribution in [3.8, 4) is 0 Å². The monoisotopic (exact) mass is 321 g/mol. The molecule has 0 aliphatic carbocycles. The first-order valence-corrected chi connectivity index (χ1v) is 8.06. The first kappa shape index (κ1) is 16.1. The van der Waals surface area contributed by atoms with Crippen LogP contribution in [0.4, 0.5) is 8.78 Å². The minimum Gasteiger partial charge on any atom is -0.340 e. The second-order valence-electron chi connectivity index (χ2n) is 6.21. The predicted molar refractivity (Wildman–Crippen MR) is 81.7 cm³/mol. The summed E-state index contributed by atoms with van der Waals surface area (Å²) in [4.78, 5) is 6.52. The van der Waals surface area contributed by atoms with Gasteiger partial charge >= 0.3 is 0 Å². The Kier molecular flexibility index (Phi) is 5.00. The zero-order chi connectivity index (χ0) is 16.2. The molecule has 0 saturated carbocycles. The number of piperidine rings is 1. The minimum atomic E-state index is -0.445. The van der Waals surface area contributed by atoms with Crippen LogP contribution in [0.15, 0.2) is 22.7 Å². The summed E-state index contributed by atoms with van der Waals surface area (Å²) in [6.07, 6.45) is 3.41. The van der Waals surface area contributed by atoms with E-state index in [2.05, 4.69) is 15.0 Å². The molecule has 0 radical (unpaired) electrons. The van der Waals surface area contributed by atoms with Crippen molar-refractivity contribution in [3.63, 3.8) is 0 Å². The molecule has 1 atom stereocenters. The molecule has 23 heavy (non-hydrogen) atoms. The van der Waals surface area contributed by atoms with Crippen LogP contribution in [0.3, 0.4) is 0 Å². The molecule has 124 valence electrons. The molecule has 1 saturated heterocycles. The van der Waals surface area contributed by atoms with Gasteiger partial charge in [0.1, 0.15) is 11.6 Å². The average molecular weight is 321 g/mol. The normalized spacial score (nSPS) is 19.2. The fourth-order valence-corrected chi connectivity index (χ4v) is 3.26. The summed E-state index contributed by atoms with van der Waals surface area (Å²) in [5.41, 5.74) is 0.207. The summed E-state index contributed by atoms with van der Waals surface area (Å²) >= 11 is 0. The summed E-state index contributed by atoms with van der Waals surface area (Å²) in [5, 5.41) is 3.92. The van der Waals surface area contributed by atoms with E-state index in [-0.39, 0.29) is 5.56 Å². The van der Waals surface area contributed by atoms with Crippen LogP contribution in [-0.4, -0.2) is 28.1 Å². The van der Waals surface area contributed by atoms with Gasteiger partial charge in [-0.2, -0.15) is 4.98 Å². The Morgan fingerprint density at radius 3 is 2.78 bits per heavy atom. The van der Waals surface area contributed by atoms with E-state index in [1.165, 1.54) is 18.2 Å². The van der Waals surface area contributed by atoms with Crippen molar-refractivity contribution in [2.45, 2.75) is 39.2 Å². The van der Waals surface area contributed by atoms with Crippen LogP contribution in [0.2, 0.25) is 0 Å². The second-order valence-corrected chi connectivity index (χ2v) is 6.21.